The van der Waals surface area contributed by atoms with E-state index < -0.39 is 5.82 Å². The number of rotatable bonds is 5. The van der Waals surface area contributed by atoms with Crippen LogP contribution in [0.5, 0.6) is 5.75 Å². The summed E-state index contributed by atoms with van der Waals surface area (Å²) in [6, 6.07) is 1.60. The SMILES string of the molecule is C=C1CCC2[C@]3(C)CO[C@@H](C4CCCC4)O[C@@H]3CC[C@@]2(C)[C@@H]1CCOc1ccncc1F. The van der Waals surface area contributed by atoms with E-state index in [9.17, 15) is 4.39 Å². The number of pyridine rings is 1. The van der Waals surface area contributed by atoms with Gasteiger partial charge < -0.3 is 14.2 Å². The first-order chi connectivity index (χ1) is 15.4. The number of aromatic nitrogens is 1. The van der Waals surface area contributed by atoms with E-state index in [4.69, 9.17) is 14.2 Å². The van der Waals surface area contributed by atoms with Crippen molar-refractivity contribution >= 4 is 0 Å². The normalized spacial score (nSPS) is 40.0. The minimum Gasteiger partial charge on any atom is -0.490 e. The van der Waals surface area contributed by atoms with E-state index in [0.717, 1.165) is 38.7 Å². The van der Waals surface area contributed by atoms with Crippen molar-refractivity contribution in [3.05, 3.63) is 36.4 Å². The van der Waals surface area contributed by atoms with Crippen LogP contribution in [0.2, 0.25) is 0 Å². The van der Waals surface area contributed by atoms with Crippen LogP contribution in [-0.2, 0) is 9.47 Å². The second kappa shape index (κ2) is 8.72. The van der Waals surface area contributed by atoms with E-state index >= 15 is 0 Å². The Balaban J connectivity index is 1.29. The lowest BCUT2D eigenvalue weighted by molar-refractivity contribution is -0.316. The lowest BCUT2D eigenvalue weighted by Crippen LogP contribution is -2.62. The smallest absolute Gasteiger partial charge is 0.183 e. The molecule has 1 aliphatic heterocycles. The standard InChI is InChI=1S/C27H38FNO3/c1-18-8-9-23-26(2,20(18)12-15-30-22-11-14-29-16-21(22)28)13-10-24-27(23,3)17-31-25(32-24)19-6-4-5-7-19/h11,14,16,19-20,23-25H,1,4-10,12-13,15,17H2,2-3H3/t20-,23?,24-,25-,26+,27+/m1/s1. The lowest BCUT2D eigenvalue weighted by atomic mass is 9.46. The Labute approximate surface area is 191 Å². The minimum atomic E-state index is -0.402. The van der Waals surface area contributed by atoms with Crippen molar-refractivity contribution in [2.45, 2.75) is 84.0 Å². The van der Waals surface area contributed by atoms with E-state index in [1.807, 2.05) is 0 Å². The molecule has 5 heteroatoms. The van der Waals surface area contributed by atoms with Gasteiger partial charge in [-0.2, -0.15) is 0 Å². The quantitative estimate of drug-likeness (QED) is 0.500. The van der Waals surface area contributed by atoms with Gasteiger partial charge in [-0.25, -0.2) is 4.39 Å². The highest BCUT2D eigenvalue weighted by Gasteiger charge is 2.60. The molecule has 3 aliphatic carbocycles. The highest BCUT2D eigenvalue weighted by atomic mass is 19.1. The molecule has 0 N–H and O–H groups in total. The second-order valence-corrected chi connectivity index (χ2v) is 11.1. The van der Waals surface area contributed by atoms with Crippen LogP contribution < -0.4 is 4.74 Å². The summed E-state index contributed by atoms with van der Waals surface area (Å²) >= 11 is 0. The highest BCUT2D eigenvalue weighted by Crippen LogP contribution is 2.63. The molecule has 0 spiro atoms. The monoisotopic (exact) mass is 443 g/mol. The molecule has 4 fully saturated rings. The lowest BCUT2D eigenvalue weighted by Gasteiger charge is -2.63. The third-order valence-electron chi connectivity index (χ3n) is 9.36. The molecule has 3 saturated carbocycles. The molecule has 5 rings (SSSR count). The molecule has 4 aliphatic rings. The van der Waals surface area contributed by atoms with E-state index in [2.05, 4.69) is 25.4 Å². The van der Waals surface area contributed by atoms with Gasteiger partial charge in [0.15, 0.2) is 17.9 Å². The van der Waals surface area contributed by atoms with Gasteiger partial charge in [0.05, 0.1) is 25.5 Å². The van der Waals surface area contributed by atoms with Crippen LogP contribution in [0.25, 0.3) is 0 Å². The number of ether oxygens (including phenoxy) is 3. The molecule has 0 radical (unpaired) electrons. The molecule has 0 bridgehead atoms. The predicted octanol–water partition coefficient (Wildman–Crippen LogP) is 6.31. The van der Waals surface area contributed by atoms with Crippen LogP contribution in [-0.4, -0.2) is 30.6 Å². The van der Waals surface area contributed by atoms with Crippen LogP contribution in [0.1, 0.15) is 71.6 Å². The van der Waals surface area contributed by atoms with Crippen molar-refractivity contribution in [2.24, 2.45) is 28.6 Å². The van der Waals surface area contributed by atoms with Crippen molar-refractivity contribution in [3.8, 4) is 5.75 Å². The average Bonchev–Trinajstić information content (AvgIpc) is 3.31. The number of halogens is 1. The number of allylic oxidation sites excluding steroid dienone is 1. The van der Waals surface area contributed by atoms with Gasteiger partial charge in [0, 0.05) is 23.6 Å². The Bertz CT molecular complexity index is 840. The fraction of sp³-hybridized carbons (Fsp3) is 0.741. The number of fused-ring (bicyclic) bond motifs is 3. The molecule has 0 aromatic carbocycles. The average molecular weight is 444 g/mol. The molecule has 1 aromatic rings. The maximum atomic E-state index is 13.9. The number of nitrogens with zero attached hydrogens (tertiary/aromatic N) is 1. The Hall–Kier alpha value is -1.46. The van der Waals surface area contributed by atoms with Gasteiger partial charge in [-0.15, -0.1) is 0 Å². The van der Waals surface area contributed by atoms with Gasteiger partial charge in [0.2, 0.25) is 0 Å². The highest BCUT2D eigenvalue weighted by molar-refractivity contribution is 5.21. The topological polar surface area (TPSA) is 40.6 Å². The predicted molar refractivity (Wildman–Crippen MR) is 122 cm³/mol. The molecule has 4 nitrogen and oxygen atoms in total. The minimum absolute atomic E-state index is 0.00191. The molecule has 1 aromatic heterocycles. The number of hydrogen-bond donors (Lipinski definition) is 0. The Kier molecular flexibility index (Phi) is 6.08. The largest absolute Gasteiger partial charge is 0.490 e. The zero-order valence-corrected chi connectivity index (χ0v) is 19.7. The summed E-state index contributed by atoms with van der Waals surface area (Å²) in [6.45, 7) is 10.6. The second-order valence-electron chi connectivity index (χ2n) is 11.1. The molecule has 32 heavy (non-hydrogen) atoms. The van der Waals surface area contributed by atoms with E-state index in [-0.39, 0.29) is 29.0 Å². The van der Waals surface area contributed by atoms with E-state index in [1.54, 1.807) is 12.3 Å². The third kappa shape index (κ3) is 3.79. The third-order valence-corrected chi connectivity index (χ3v) is 9.36. The zero-order chi connectivity index (χ0) is 22.3. The molecule has 0 amide bonds. The van der Waals surface area contributed by atoms with Gasteiger partial charge in [-0.3, -0.25) is 4.98 Å². The van der Waals surface area contributed by atoms with Gasteiger partial charge >= 0.3 is 0 Å². The Morgan fingerprint density at radius 2 is 2.00 bits per heavy atom. The van der Waals surface area contributed by atoms with Crippen molar-refractivity contribution in [3.63, 3.8) is 0 Å². The molecular formula is C27H38FNO3. The van der Waals surface area contributed by atoms with E-state index in [0.29, 0.717) is 24.4 Å². The molecule has 1 unspecified atom stereocenters. The first-order valence-electron chi connectivity index (χ1n) is 12.6. The molecule has 6 atom stereocenters. The molecule has 1 saturated heterocycles. The fourth-order valence-electron chi connectivity index (χ4n) is 7.63. The summed E-state index contributed by atoms with van der Waals surface area (Å²) in [5.74, 6) is 1.37. The van der Waals surface area contributed by atoms with Gasteiger partial charge in [0.1, 0.15) is 0 Å². The summed E-state index contributed by atoms with van der Waals surface area (Å²) in [7, 11) is 0. The van der Waals surface area contributed by atoms with Gasteiger partial charge in [0.25, 0.3) is 0 Å². The summed E-state index contributed by atoms with van der Waals surface area (Å²) in [6.07, 6.45) is 13.5. The van der Waals surface area contributed by atoms with Crippen LogP contribution in [0.15, 0.2) is 30.6 Å². The van der Waals surface area contributed by atoms with Crippen LogP contribution in [0.4, 0.5) is 4.39 Å². The summed E-state index contributed by atoms with van der Waals surface area (Å²) < 4.78 is 32.8. The Morgan fingerprint density at radius 3 is 2.78 bits per heavy atom. The fourth-order valence-corrected chi connectivity index (χ4v) is 7.63. The van der Waals surface area contributed by atoms with Crippen LogP contribution in [0.3, 0.4) is 0 Å². The summed E-state index contributed by atoms with van der Waals surface area (Å²) in [5.41, 5.74) is 1.51. The van der Waals surface area contributed by atoms with Gasteiger partial charge in [-0.05, 0) is 62.2 Å². The summed E-state index contributed by atoms with van der Waals surface area (Å²) in [5, 5.41) is 0. The molecule has 2 heterocycles. The van der Waals surface area contributed by atoms with Crippen molar-refractivity contribution in [1.82, 2.24) is 4.98 Å². The first kappa shape index (κ1) is 22.3. The first-order valence-corrected chi connectivity index (χ1v) is 12.6. The maximum Gasteiger partial charge on any atom is 0.183 e. The zero-order valence-electron chi connectivity index (χ0n) is 19.7. The molecule has 176 valence electrons. The Morgan fingerprint density at radius 1 is 1.19 bits per heavy atom. The van der Waals surface area contributed by atoms with Crippen LogP contribution in [0, 0.1) is 34.4 Å². The van der Waals surface area contributed by atoms with Crippen molar-refractivity contribution < 1.29 is 18.6 Å². The maximum absolute atomic E-state index is 13.9. The van der Waals surface area contributed by atoms with Gasteiger partial charge in [-0.1, -0.05) is 38.8 Å². The number of hydrogen-bond acceptors (Lipinski definition) is 4. The van der Waals surface area contributed by atoms with Crippen molar-refractivity contribution in [2.75, 3.05) is 13.2 Å². The van der Waals surface area contributed by atoms with E-state index in [1.165, 1.54) is 37.5 Å². The summed E-state index contributed by atoms with van der Waals surface area (Å²) in [4.78, 5) is 3.80. The van der Waals surface area contributed by atoms with Crippen molar-refractivity contribution in [1.29, 1.82) is 0 Å². The molecular weight excluding hydrogens is 405 g/mol. The van der Waals surface area contributed by atoms with Crippen LogP contribution >= 0.6 is 0 Å².